The molecule has 2 heterocycles. The van der Waals surface area contributed by atoms with E-state index in [2.05, 4.69) is 22.5 Å². The minimum atomic E-state index is -0.121. The predicted octanol–water partition coefficient (Wildman–Crippen LogP) is 0.168. The summed E-state index contributed by atoms with van der Waals surface area (Å²) in [5.74, 6) is 0.158. The maximum atomic E-state index is 10.0. The summed E-state index contributed by atoms with van der Waals surface area (Å²) in [6.45, 7) is 4.54. The molecule has 0 amide bonds. The Morgan fingerprint density at radius 1 is 1.56 bits per heavy atom. The SMILES string of the molecule is Cc1ncc(CO)c(C2NCC(C)N2)c1O. The average molecular weight is 223 g/mol. The van der Waals surface area contributed by atoms with Gasteiger partial charge in [0.15, 0.2) is 0 Å². The van der Waals surface area contributed by atoms with Gasteiger partial charge in [-0.1, -0.05) is 0 Å². The molecule has 0 bridgehead atoms. The van der Waals surface area contributed by atoms with E-state index in [-0.39, 0.29) is 18.5 Å². The molecule has 1 aromatic heterocycles. The number of aliphatic hydroxyl groups is 1. The van der Waals surface area contributed by atoms with Crippen molar-refractivity contribution in [3.05, 3.63) is 23.0 Å². The number of nitrogens with one attached hydrogen (secondary N) is 2. The summed E-state index contributed by atoms with van der Waals surface area (Å²) in [6, 6.07) is 0.351. The molecule has 5 nitrogen and oxygen atoms in total. The Hall–Kier alpha value is -1.17. The van der Waals surface area contributed by atoms with Gasteiger partial charge >= 0.3 is 0 Å². The molecule has 5 heteroatoms. The Labute approximate surface area is 94.5 Å². The van der Waals surface area contributed by atoms with Crippen molar-refractivity contribution in [1.82, 2.24) is 15.6 Å². The number of pyridine rings is 1. The molecular formula is C11H17N3O2. The van der Waals surface area contributed by atoms with E-state index in [9.17, 15) is 10.2 Å². The zero-order chi connectivity index (χ0) is 11.7. The second-order valence-electron chi connectivity index (χ2n) is 4.20. The number of aromatic hydroxyl groups is 1. The molecule has 88 valence electrons. The highest BCUT2D eigenvalue weighted by Gasteiger charge is 2.26. The summed E-state index contributed by atoms with van der Waals surface area (Å²) in [4.78, 5) is 4.04. The van der Waals surface area contributed by atoms with Crippen molar-refractivity contribution < 1.29 is 10.2 Å². The first kappa shape index (κ1) is 11.3. The normalized spacial score (nSPS) is 24.9. The lowest BCUT2D eigenvalue weighted by molar-refractivity contribution is 0.277. The summed E-state index contributed by atoms with van der Waals surface area (Å²) in [6.07, 6.45) is 1.50. The fourth-order valence-corrected chi connectivity index (χ4v) is 1.98. The van der Waals surface area contributed by atoms with Gasteiger partial charge in [0.25, 0.3) is 0 Å². The Morgan fingerprint density at radius 3 is 2.88 bits per heavy atom. The van der Waals surface area contributed by atoms with Crippen LogP contribution in [0.5, 0.6) is 5.75 Å². The Kier molecular flexibility index (Phi) is 3.09. The summed E-state index contributed by atoms with van der Waals surface area (Å²) in [5, 5.41) is 25.8. The molecule has 0 aliphatic carbocycles. The van der Waals surface area contributed by atoms with Crippen molar-refractivity contribution in [2.45, 2.75) is 32.7 Å². The molecule has 0 aromatic carbocycles. The van der Waals surface area contributed by atoms with E-state index in [1.54, 1.807) is 13.1 Å². The van der Waals surface area contributed by atoms with Crippen molar-refractivity contribution in [2.24, 2.45) is 0 Å². The van der Waals surface area contributed by atoms with E-state index >= 15 is 0 Å². The van der Waals surface area contributed by atoms with Crippen LogP contribution in [0.2, 0.25) is 0 Å². The minimum absolute atomic E-state index is 0.112. The van der Waals surface area contributed by atoms with Crippen LogP contribution in [-0.4, -0.2) is 27.8 Å². The molecule has 0 radical (unpaired) electrons. The van der Waals surface area contributed by atoms with Gasteiger partial charge in [-0.25, -0.2) is 0 Å². The number of aryl methyl sites for hydroxylation is 1. The second-order valence-corrected chi connectivity index (χ2v) is 4.20. The van der Waals surface area contributed by atoms with E-state index in [0.717, 1.165) is 6.54 Å². The van der Waals surface area contributed by atoms with Crippen LogP contribution in [-0.2, 0) is 6.61 Å². The molecule has 1 aromatic rings. The summed E-state index contributed by atoms with van der Waals surface area (Å²) >= 11 is 0. The molecule has 2 atom stereocenters. The van der Waals surface area contributed by atoms with Crippen molar-refractivity contribution in [3.63, 3.8) is 0 Å². The topological polar surface area (TPSA) is 77.4 Å². The van der Waals surface area contributed by atoms with Crippen LogP contribution in [0, 0.1) is 6.92 Å². The zero-order valence-corrected chi connectivity index (χ0v) is 9.49. The van der Waals surface area contributed by atoms with Crippen molar-refractivity contribution in [2.75, 3.05) is 6.54 Å². The van der Waals surface area contributed by atoms with Gasteiger partial charge < -0.3 is 10.2 Å². The van der Waals surface area contributed by atoms with E-state index < -0.39 is 0 Å². The quantitative estimate of drug-likeness (QED) is 0.575. The molecule has 1 fully saturated rings. The lowest BCUT2D eigenvalue weighted by Gasteiger charge is -2.18. The first-order valence-electron chi connectivity index (χ1n) is 5.41. The molecule has 1 saturated heterocycles. The third-order valence-corrected chi connectivity index (χ3v) is 2.90. The van der Waals surface area contributed by atoms with Crippen LogP contribution in [0.25, 0.3) is 0 Å². The molecule has 16 heavy (non-hydrogen) atoms. The van der Waals surface area contributed by atoms with Gasteiger partial charge in [-0.2, -0.15) is 0 Å². The highest BCUT2D eigenvalue weighted by Crippen LogP contribution is 2.30. The van der Waals surface area contributed by atoms with Gasteiger partial charge in [-0.3, -0.25) is 15.6 Å². The van der Waals surface area contributed by atoms with Gasteiger partial charge in [-0.05, 0) is 13.8 Å². The predicted molar refractivity (Wildman–Crippen MR) is 59.9 cm³/mol. The first-order chi connectivity index (χ1) is 7.63. The van der Waals surface area contributed by atoms with Gasteiger partial charge in [0.2, 0.25) is 0 Å². The molecule has 0 saturated carbocycles. The van der Waals surface area contributed by atoms with Gasteiger partial charge in [-0.15, -0.1) is 0 Å². The third-order valence-electron chi connectivity index (χ3n) is 2.90. The number of aromatic nitrogens is 1. The summed E-state index contributed by atoms with van der Waals surface area (Å²) in [7, 11) is 0. The van der Waals surface area contributed by atoms with Crippen LogP contribution in [0.1, 0.15) is 29.9 Å². The van der Waals surface area contributed by atoms with E-state index in [0.29, 0.717) is 22.9 Å². The fraction of sp³-hybridized carbons (Fsp3) is 0.545. The average Bonchev–Trinajstić information content (AvgIpc) is 2.68. The van der Waals surface area contributed by atoms with E-state index in [1.165, 1.54) is 0 Å². The zero-order valence-electron chi connectivity index (χ0n) is 9.49. The first-order valence-corrected chi connectivity index (χ1v) is 5.41. The van der Waals surface area contributed by atoms with Crippen LogP contribution in [0.3, 0.4) is 0 Å². The second kappa shape index (κ2) is 4.37. The van der Waals surface area contributed by atoms with Crippen molar-refractivity contribution >= 4 is 0 Å². The monoisotopic (exact) mass is 223 g/mol. The molecule has 0 spiro atoms. The molecule has 1 aliphatic heterocycles. The van der Waals surface area contributed by atoms with E-state index in [1.807, 2.05) is 0 Å². The number of hydrogen-bond acceptors (Lipinski definition) is 5. The maximum absolute atomic E-state index is 10.0. The summed E-state index contributed by atoms with van der Waals surface area (Å²) in [5.41, 5.74) is 1.94. The standard InChI is InChI=1S/C11H17N3O2/c1-6-3-13-11(14-6)9-8(5-15)4-12-7(2)10(9)16/h4,6,11,13-16H,3,5H2,1-2H3. The number of rotatable bonds is 2. The minimum Gasteiger partial charge on any atom is -0.506 e. The molecule has 2 rings (SSSR count). The van der Waals surface area contributed by atoms with Gasteiger partial charge in [0.1, 0.15) is 5.75 Å². The Balaban J connectivity index is 2.41. The van der Waals surface area contributed by atoms with Crippen LogP contribution >= 0.6 is 0 Å². The maximum Gasteiger partial charge on any atom is 0.143 e. The molecule has 2 unspecified atom stereocenters. The van der Waals surface area contributed by atoms with Gasteiger partial charge in [0, 0.05) is 29.9 Å². The van der Waals surface area contributed by atoms with Crippen molar-refractivity contribution in [3.8, 4) is 5.75 Å². The molecule has 4 N–H and O–H groups in total. The summed E-state index contributed by atoms with van der Waals surface area (Å²) < 4.78 is 0. The van der Waals surface area contributed by atoms with Crippen LogP contribution < -0.4 is 10.6 Å². The number of nitrogens with zero attached hydrogens (tertiary/aromatic N) is 1. The highest BCUT2D eigenvalue weighted by molar-refractivity contribution is 5.43. The lowest BCUT2D eigenvalue weighted by Crippen LogP contribution is -2.25. The van der Waals surface area contributed by atoms with Gasteiger partial charge in [0.05, 0.1) is 18.5 Å². The smallest absolute Gasteiger partial charge is 0.143 e. The largest absolute Gasteiger partial charge is 0.506 e. The lowest BCUT2D eigenvalue weighted by atomic mass is 10.1. The Bertz CT molecular complexity index is 395. The third kappa shape index (κ3) is 1.89. The van der Waals surface area contributed by atoms with Crippen LogP contribution in [0.4, 0.5) is 0 Å². The Morgan fingerprint density at radius 2 is 2.31 bits per heavy atom. The molecular weight excluding hydrogens is 206 g/mol. The van der Waals surface area contributed by atoms with E-state index in [4.69, 9.17) is 0 Å². The fourth-order valence-electron chi connectivity index (χ4n) is 1.98. The van der Waals surface area contributed by atoms with Crippen LogP contribution in [0.15, 0.2) is 6.20 Å². The molecule has 1 aliphatic rings. The van der Waals surface area contributed by atoms with Crippen molar-refractivity contribution in [1.29, 1.82) is 0 Å². The number of aliphatic hydroxyl groups excluding tert-OH is 1. The number of hydrogen-bond donors (Lipinski definition) is 4. The highest BCUT2D eigenvalue weighted by atomic mass is 16.3.